The zero-order valence-corrected chi connectivity index (χ0v) is 18.3. The molecule has 0 aromatic heterocycles. The Bertz CT molecular complexity index is 898. The summed E-state index contributed by atoms with van der Waals surface area (Å²) in [5.74, 6) is 1.03. The molecular weight excluding hydrogens is 394 g/mol. The SMILES string of the molecule is COc1ccccc1OCC(=O)NC[C@H](c1ccc2c(c1)CCN2C)N1CCOCC1. The Morgan fingerprint density at radius 1 is 1.13 bits per heavy atom. The highest BCUT2D eigenvalue weighted by molar-refractivity contribution is 5.77. The number of rotatable bonds is 8. The van der Waals surface area contributed by atoms with E-state index in [0.717, 1.165) is 39.3 Å². The lowest BCUT2D eigenvalue weighted by atomic mass is 10.0. The Labute approximate surface area is 183 Å². The number of hydrogen-bond donors (Lipinski definition) is 1. The van der Waals surface area contributed by atoms with Crippen LogP contribution in [0.5, 0.6) is 11.5 Å². The van der Waals surface area contributed by atoms with Gasteiger partial charge >= 0.3 is 0 Å². The standard InChI is InChI=1S/C24H31N3O4/c1-26-10-9-19-15-18(7-8-20(19)26)21(27-11-13-30-14-12-27)16-25-24(28)17-31-23-6-4-3-5-22(23)29-2/h3-8,15,21H,9-14,16-17H2,1-2H3,(H,25,28)/t21-/m1/s1. The largest absolute Gasteiger partial charge is 0.493 e. The van der Waals surface area contributed by atoms with Crippen LogP contribution >= 0.6 is 0 Å². The summed E-state index contributed by atoms with van der Waals surface area (Å²) < 4.78 is 16.5. The zero-order valence-electron chi connectivity index (χ0n) is 18.3. The molecule has 2 heterocycles. The van der Waals surface area contributed by atoms with Gasteiger partial charge in [0, 0.05) is 38.9 Å². The van der Waals surface area contributed by atoms with Gasteiger partial charge in [0.2, 0.25) is 0 Å². The van der Waals surface area contributed by atoms with Crippen molar-refractivity contribution in [2.45, 2.75) is 12.5 Å². The van der Waals surface area contributed by atoms with Crippen molar-refractivity contribution in [2.75, 3.05) is 65.1 Å². The van der Waals surface area contributed by atoms with E-state index in [2.05, 4.69) is 40.4 Å². The fourth-order valence-electron chi connectivity index (χ4n) is 4.28. The number of benzene rings is 2. The van der Waals surface area contributed by atoms with E-state index in [9.17, 15) is 4.79 Å². The second-order valence-electron chi connectivity index (χ2n) is 7.97. The summed E-state index contributed by atoms with van der Waals surface area (Å²) in [6, 6.07) is 14.1. The molecule has 2 aliphatic heterocycles. The molecule has 2 aromatic rings. The van der Waals surface area contributed by atoms with Crippen LogP contribution in [-0.2, 0) is 16.0 Å². The molecule has 0 saturated carbocycles. The summed E-state index contributed by atoms with van der Waals surface area (Å²) >= 11 is 0. The molecule has 2 aliphatic rings. The van der Waals surface area contributed by atoms with Crippen LogP contribution in [0.4, 0.5) is 5.69 Å². The van der Waals surface area contributed by atoms with Crippen molar-refractivity contribution in [1.82, 2.24) is 10.2 Å². The van der Waals surface area contributed by atoms with Crippen LogP contribution in [-0.4, -0.2) is 71.0 Å². The first-order valence-electron chi connectivity index (χ1n) is 10.8. The van der Waals surface area contributed by atoms with E-state index in [4.69, 9.17) is 14.2 Å². The molecule has 7 nitrogen and oxygen atoms in total. The molecule has 0 unspecified atom stereocenters. The van der Waals surface area contributed by atoms with Gasteiger partial charge in [-0.1, -0.05) is 24.3 Å². The number of para-hydroxylation sites is 2. The van der Waals surface area contributed by atoms with Gasteiger partial charge in [0.05, 0.1) is 26.4 Å². The smallest absolute Gasteiger partial charge is 0.258 e. The second kappa shape index (κ2) is 10.0. The number of carbonyl (C=O) groups is 1. The molecule has 0 radical (unpaired) electrons. The lowest BCUT2D eigenvalue weighted by Crippen LogP contribution is -2.44. The number of morpholine rings is 1. The number of ether oxygens (including phenoxy) is 3. The van der Waals surface area contributed by atoms with E-state index in [1.807, 2.05) is 18.2 Å². The minimum Gasteiger partial charge on any atom is -0.493 e. The van der Waals surface area contributed by atoms with Gasteiger partial charge in [-0.05, 0) is 35.7 Å². The normalized spacial score (nSPS) is 17.2. The number of hydrogen-bond acceptors (Lipinski definition) is 6. The van der Waals surface area contributed by atoms with Gasteiger partial charge in [0.1, 0.15) is 0 Å². The van der Waals surface area contributed by atoms with Crippen LogP contribution in [0.15, 0.2) is 42.5 Å². The molecule has 1 N–H and O–H groups in total. The molecule has 1 atom stereocenters. The van der Waals surface area contributed by atoms with Gasteiger partial charge in [0.25, 0.3) is 5.91 Å². The van der Waals surface area contributed by atoms with E-state index >= 15 is 0 Å². The number of carbonyl (C=O) groups excluding carboxylic acids is 1. The topological polar surface area (TPSA) is 63.3 Å². The van der Waals surface area contributed by atoms with Crippen molar-refractivity contribution in [3.8, 4) is 11.5 Å². The Morgan fingerprint density at radius 2 is 1.90 bits per heavy atom. The molecule has 4 rings (SSSR count). The molecule has 0 aliphatic carbocycles. The fraction of sp³-hybridized carbons (Fsp3) is 0.458. The van der Waals surface area contributed by atoms with Gasteiger partial charge in [0.15, 0.2) is 18.1 Å². The third-order valence-corrected chi connectivity index (χ3v) is 6.02. The van der Waals surface area contributed by atoms with Gasteiger partial charge in [-0.2, -0.15) is 0 Å². The van der Waals surface area contributed by atoms with Crippen molar-refractivity contribution < 1.29 is 19.0 Å². The molecule has 0 spiro atoms. The first-order chi connectivity index (χ1) is 15.2. The van der Waals surface area contributed by atoms with Crippen molar-refractivity contribution >= 4 is 11.6 Å². The number of nitrogens with one attached hydrogen (secondary N) is 1. The van der Waals surface area contributed by atoms with E-state index in [1.54, 1.807) is 13.2 Å². The molecule has 7 heteroatoms. The Morgan fingerprint density at radius 3 is 2.68 bits per heavy atom. The van der Waals surface area contributed by atoms with Gasteiger partial charge < -0.3 is 24.4 Å². The minimum absolute atomic E-state index is 0.0504. The average Bonchev–Trinajstić information content (AvgIpc) is 3.19. The number of methoxy groups -OCH3 is 1. The van der Waals surface area contributed by atoms with E-state index in [-0.39, 0.29) is 18.6 Å². The summed E-state index contributed by atoms with van der Waals surface area (Å²) in [5, 5.41) is 3.07. The average molecular weight is 426 g/mol. The number of amides is 1. The quantitative estimate of drug-likeness (QED) is 0.700. The summed E-state index contributed by atoms with van der Waals surface area (Å²) in [6.45, 7) is 4.68. The van der Waals surface area contributed by atoms with Crippen molar-refractivity contribution in [1.29, 1.82) is 0 Å². The molecule has 1 fully saturated rings. The highest BCUT2D eigenvalue weighted by atomic mass is 16.5. The molecular formula is C24H31N3O4. The van der Waals surface area contributed by atoms with Crippen LogP contribution in [0.25, 0.3) is 0 Å². The maximum Gasteiger partial charge on any atom is 0.258 e. The fourth-order valence-corrected chi connectivity index (χ4v) is 4.28. The Hall–Kier alpha value is -2.77. The van der Waals surface area contributed by atoms with E-state index < -0.39 is 0 Å². The number of anilines is 1. The molecule has 1 saturated heterocycles. The number of fused-ring (bicyclic) bond motifs is 1. The summed E-state index contributed by atoms with van der Waals surface area (Å²) in [5.41, 5.74) is 3.92. The molecule has 0 bridgehead atoms. The maximum absolute atomic E-state index is 12.5. The molecule has 2 aromatic carbocycles. The van der Waals surface area contributed by atoms with Crippen LogP contribution in [0.1, 0.15) is 17.2 Å². The Balaban J connectivity index is 1.41. The monoisotopic (exact) mass is 425 g/mol. The van der Waals surface area contributed by atoms with E-state index in [0.29, 0.717) is 18.0 Å². The minimum atomic E-state index is -0.148. The van der Waals surface area contributed by atoms with Crippen LogP contribution in [0.2, 0.25) is 0 Å². The summed E-state index contributed by atoms with van der Waals surface area (Å²) in [7, 11) is 3.72. The zero-order chi connectivity index (χ0) is 21.6. The summed E-state index contributed by atoms with van der Waals surface area (Å²) in [4.78, 5) is 17.2. The van der Waals surface area contributed by atoms with Gasteiger partial charge in [-0.3, -0.25) is 9.69 Å². The van der Waals surface area contributed by atoms with Crippen molar-refractivity contribution in [3.05, 3.63) is 53.6 Å². The van der Waals surface area contributed by atoms with Crippen molar-refractivity contribution in [2.24, 2.45) is 0 Å². The summed E-state index contributed by atoms with van der Waals surface area (Å²) in [6.07, 6.45) is 1.06. The lowest BCUT2D eigenvalue weighted by molar-refractivity contribution is -0.123. The van der Waals surface area contributed by atoms with Crippen molar-refractivity contribution in [3.63, 3.8) is 0 Å². The first kappa shape index (κ1) is 21.5. The predicted octanol–water partition coefficient (Wildman–Crippen LogP) is 2.26. The molecule has 166 valence electrons. The third-order valence-electron chi connectivity index (χ3n) is 6.02. The van der Waals surface area contributed by atoms with Gasteiger partial charge in [-0.15, -0.1) is 0 Å². The highest BCUT2D eigenvalue weighted by Crippen LogP contribution is 2.31. The van der Waals surface area contributed by atoms with Crippen LogP contribution in [0.3, 0.4) is 0 Å². The number of nitrogens with zero attached hydrogens (tertiary/aromatic N) is 2. The second-order valence-corrected chi connectivity index (χ2v) is 7.97. The lowest BCUT2D eigenvalue weighted by Gasteiger charge is -2.35. The van der Waals surface area contributed by atoms with Crippen LogP contribution in [0, 0.1) is 0 Å². The first-order valence-corrected chi connectivity index (χ1v) is 10.8. The Kier molecular flexibility index (Phi) is 6.94. The highest BCUT2D eigenvalue weighted by Gasteiger charge is 2.25. The maximum atomic E-state index is 12.5. The molecule has 1 amide bonds. The van der Waals surface area contributed by atoms with Gasteiger partial charge in [-0.25, -0.2) is 0 Å². The van der Waals surface area contributed by atoms with Crippen LogP contribution < -0.4 is 19.7 Å². The van der Waals surface area contributed by atoms with E-state index in [1.165, 1.54) is 16.8 Å². The number of likely N-dealkylation sites (N-methyl/N-ethyl adjacent to an activating group) is 1. The molecule has 31 heavy (non-hydrogen) atoms. The predicted molar refractivity (Wildman–Crippen MR) is 120 cm³/mol. The third kappa shape index (κ3) is 5.11.